The smallest absolute Gasteiger partial charge is 0.339 e. The molecule has 2 aromatic carbocycles. The van der Waals surface area contributed by atoms with Crippen molar-refractivity contribution in [3.05, 3.63) is 64.7 Å². The molecule has 0 saturated carbocycles. The normalized spacial score (nSPS) is 11.2. The van der Waals surface area contributed by atoms with Crippen LogP contribution in [-0.4, -0.2) is 18.0 Å². The first-order valence-corrected chi connectivity index (χ1v) is 7.50. The molecule has 0 saturated heterocycles. The van der Waals surface area contributed by atoms with Gasteiger partial charge in [0.2, 0.25) is 0 Å². The molecule has 0 aliphatic carbocycles. The SMILES string of the molecule is Cc1ccc(C)c(C(=O)OC(C)C(=O)Nc2ccccc2C#N)c1. The van der Waals surface area contributed by atoms with E-state index in [9.17, 15) is 9.59 Å². The van der Waals surface area contributed by atoms with E-state index in [4.69, 9.17) is 10.00 Å². The van der Waals surface area contributed by atoms with E-state index in [2.05, 4.69) is 5.32 Å². The number of nitrogens with one attached hydrogen (secondary N) is 1. The molecule has 0 spiro atoms. The number of nitrogens with zero attached hydrogens (tertiary/aromatic N) is 1. The lowest BCUT2D eigenvalue weighted by Gasteiger charge is -2.15. The maximum Gasteiger partial charge on any atom is 0.339 e. The number of hydrogen-bond acceptors (Lipinski definition) is 4. The topological polar surface area (TPSA) is 79.2 Å². The van der Waals surface area contributed by atoms with E-state index in [1.807, 2.05) is 32.0 Å². The van der Waals surface area contributed by atoms with Gasteiger partial charge in [-0.1, -0.05) is 29.8 Å². The molecule has 1 atom stereocenters. The third-order valence-electron chi connectivity index (χ3n) is 3.57. The van der Waals surface area contributed by atoms with Gasteiger partial charge in [0.1, 0.15) is 6.07 Å². The molecule has 0 bridgehead atoms. The molecular formula is C19H18N2O3. The molecule has 0 heterocycles. The number of anilines is 1. The summed E-state index contributed by atoms with van der Waals surface area (Å²) in [5, 5.41) is 11.6. The summed E-state index contributed by atoms with van der Waals surface area (Å²) in [6.07, 6.45) is -0.982. The lowest BCUT2D eigenvalue weighted by molar-refractivity contribution is -0.123. The van der Waals surface area contributed by atoms with Crippen molar-refractivity contribution in [3.8, 4) is 6.07 Å². The first-order valence-electron chi connectivity index (χ1n) is 7.50. The molecule has 1 amide bonds. The van der Waals surface area contributed by atoms with Crippen molar-refractivity contribution in [2.24, 2.45) is 0 Å². The van der Waals surface area contributed by atoms with Crippen molar-refractivity contribution in [2.45, 2.75) is 26.9 Å². The van der Waals surface area contributed by atoms with Crippen molar-refractivity contribution in [1.29, 1.82) is 5.26 Å². The Hall–Kier alpha value is -3.13. The van der Waals surface area contributed by atoms with Gasteiger partial charge in [0.15, 0.2) is 6.10 Å². The summed E-state index contributed by atoms with van der Waals surface area (Å²) in [4.78, 5) is 24.5. The van der Waals surface area contributed by atoms with Crippen molar-refractivity contribution < 1.29 is 14.3 Å². The van der Waals surface area contributed by atoms with E-state index >= 15 is 0 Å². The highest BCUT2D eigenvalue weighted by Crippen LogP contribution is 2.16. The van der Waals surface area contributed by atoms with Gasteiger partial charge in [-0.2, -0.15) is 5.26 Å². The predicted octanol–water partition coefficient (Wildman–Crippen LogP) is 3.36. The zero-order valence-electron chi connectivity index (χ0n) is 13.8. The number of rotatable bonds is 4. The quantitative estimate of drug-likeness (QED) is 0.875. The molecule has 0 aliphatic rings. The minimum atomic E-state index is -0.982. The fourth-order valence-corrected chi connectivity index (χ4v) is 2.16. The molecule has 24 heavy (non-hydrogen) atoms. The molecule has 0 aliphatic heterocycles. The van der Waals surface area contributed by atoms with Crippen molar-refractivity contribution in [2.75, 3.05) is 5.32 Å². The highest BCUT2D eigenvalue weighted by atomic mass is 16.5. The number of aryl methyl sites for hydroxylation is 2. The van der Waals surface area contributed by atoms with E-state index in [0.29, 0.717) is 16.8 Å². The molecule has 0 radical (unpaired) electrons. The van der Waals surface area contributed by atoms with Crippen molar-refractivity contribution in [1.82, 2.24) is 0 Å². The Morgan fingerprint density at radius 3 is 2.58 bits per heavy atom. The maximum absolute atomic E-state index is 12.3. The Morgan fingerprint density at radius 2 is 1.88 bits per heavy atom. The molecule has 2 aromatic rings. The molecule has 5 nitrogen and oxygen atoms in total. The fraction of sp³-hybridized carbons (Fsp3) is 0.211. The fourth-order valence-electron chi connectivity index (χ4n) is 2.16. The van der Waals surface area contributed by atoms with Gasteiger partial charge in [0.05, 0.1) is 16.8 Å². The van der Waals surface area contributed by atoms with Crippen LogP contribution in [-0.2, 0) is 9.53 Å². The summed E-state index contributed by atoms with van der Waals surface area (Å²) < 4.78 is 5.25. The first-order chi connectivity index (χ1) is 11.4. The number of ether oxygens (including phenoxy) is 1. The van der Waals surface area contributed by atoms with Crippen LogP contribution in [0.2, 0.25) is 0 Å². The van der Waals surface area contributed by atoms with Gasteiger partial charge in [-0.25, -0.2) is 4.79 Å². The van der Waals surface area contributed by atoms with Gasteiger partial charge in [0, 0.05) is 0 Å². The van der Waals surface area contributed by atoms with E-state index in [0.717, 1.165) is 11.1 Å². The summed E-state index contributed by atoms with van der Waals surface area (Å²) in [5.74, 6) is -1.04. The molecule has 2 rings (SSSR count). The second-order valence-electron chi connectivity index (χ2n) is 5.51. The van der Waals surface area contributed by atoms with Crippen LogP contribution >= 0.6 is 0 Å². The molecule has 1 unspecified atom stereocenters. The van der Waals surface area contributed by atoms with Crippen LogP contribution in [0, 0.1) is 25.2 Å². The van der Waals surface area contributed by atoms with Crippen LogP contribution in [0.3, 0.4) is 0 Å². The van der Waals surface area contributed by atoms with Crippen molar-refractivity contribution in [3.63, 3.8) is 0 Å². The maximum atomic E-state index is 12.3. The molecule has 122 valence electrons. The lowest BCUT2D eigenvalue weighted by Crippen LogP contribution is -2.30. The van der Waals surface area contributed by atoms with Gasteiger partial charge in [-0.05, 0) is 44.5 Å². The monoisotopic (exact) mass is 322 g/mol. The van der Waals surface area contributed by atoms with E-state index in [1.54, 1.807) is 30.3 Å². The standard InChI is InChI=1S/C19H18N2O3/c1-12-8-9-13(2)16(10-12)19(23)24-14(3)18(22)21-17-7-5-4-6-15(17)11-20/h4-10,14H,1-3H3,(H,21,22). The highest BCUT2D eigenvalue weighted by Gasteiger charge is 2.21. The average Bonchev–Trinajstić information content (AvgIpc) is 2.57. The number of hydrogen-bond donors (Lipinski definition) is 1. The van der Waals surface area contributed by atoms with Crippen molar-refractivity contribution >= 4 is 17.6 Å². The van der Waals surface area contributed by atoms with E-state index < -0.39 is 18.0 Å². The number of benzene rings is 2. The minimum absolute atomic E-state index is 0.346. The van der Waals surface area contributed by atoms with Crippen LogP contribution in [0.5, 0.6) is 0 Å². The summed E-state index contributed by atoms with van der Waals surface area (Å²) in [5.41, 5.74) is 2.89. The van der Waals surface area contributed by atoms with Crippen LogP contribution in [0.15, 0.2) is 42.5 Å². The average molecular weight is 322 g/mol. The molecule has 0 aromatic heterocycles. The highest BCUT2D eigenvalue weighted by molar-refractivity contribution is 5.98. The number of nitriles is 1. The second kappa shape index (κ2) is 7.42. The summed E-state index contributed by atoms with van der Waals surface area (Å²) in [6, 6.07) is 14.1. The Morgan fingerprint density at radius 1 is 1.17 bits per heavy atom. The van der Waals surface area contributed by atoms with Gasteiger partial charge in [0.25, 0.3) is 5.91 Å². The van der Waals surface area contributed by atoms with Gasteiger partial charge in [-0.3, -0.25) is 4.79 Å². The Balaban J connectivity index is 2.07. The van der Waals surface area contributed by atoms with Gasteiger partial charge >= 0.3 is 5.97 Å². The predicted molar refractivity (Wildman–Crippen MR) is 90.6 cm³/mol. The van der Waals surface area contributed by atoms with Crippen LogP contribution in [0.25, 0.3) is 0 Å². The Bertz CT molecular complexity index is 822. The molecular weight excluding hydrogens is 304 g/mol. The number of para-hydroxylation sites is 1. The zero-order chi connectivity index (χ0) is 17.7. The van der Waals surface area contributed by atoms with Gasteiger partial charge in [-0.15, -0.1) is 0 Å². The Labute approximate surface area is 140 Å². The third-order valence-corrected chi connectivity index (χ3v) is 3.57. The zero-order valence-corrected chi connectivity index (χ0v) is 13.8. The number of carbonyl (C=O) groups is 2. The largest absolute Gasteiger partial charge is 0.449 e. The van der Waals surface area contributed by atoms with E-state index in [-0.39, 0.29) is 0 Å². The van der Waals surface area contributed by atoms with Crippen LogP contribution < -0.4 is 5.32 Å². The summed E-state index contributed by atoms with van der Waals surface area (Å²) >= 11 is 0. The number of carbonyl (C=O) groups excluding carboxylic acids is 2. The molecule has 0 fully saturated rings. The summed E-state index contributed by atoms with van der Waals surface area (Å²) in [6.45, 7) is 5.18. The van der Waals surface area contributed by atoms with Crippen LogP contribution in [0.1, 0.15) is 34.0 Å². The van der Waals surface area contributed by atoms with E-state index in [1.165, 1.54) is 6.92 Å². The van der Waals surface area contributed by atoms with Gasteiger partial charge < -0.3 is 10.1 Å². The number of esters is 1. The summed E-state index contributed by atoms with van der Waals surface area (Å²) in [7, 11) is 0. The first kappa shape index (κ1) is 17.2. The minimum Gasteiger partial charge on any atom is -0.449 e. The molecule has 5 heteroatoms. The van der Waals surface area contributed by atoms with Crippen LogP contribution in [0.4, 0.5) is 5.69 Å². The third kappa shape index (κ3) is 3.99. The second-order valence-corrected chi connectivity index (χ2v) is 5.51. The molecule has 1 N–H and O–H groups in total. The lowest BCUT2D eigenvalue weighted by atomic mass is 10.1. The number of amides is 1. The Kier molecular flexibility index (Phi) is 5.33.